The van der Waals surface area contributed by atoms with Gasteiger partial charge in [-0.2, -0.15) is 0 Å². The van der Waals surface area contributed by atoms with Crippen LogP contribution in [-0.4, -0.2) is 72.2 Å². The molecule has 0 saturated carbocycles. The lowest BCUT2D eigenvalue weighted by atomic mass is 10.2. The molecule has 0 bridgehead atoms. The van der Waals surface area contributed by atoms with E-state index in [1.54, 1.807) is 47.4 Å². The number of carbonyl (C=O) groups is 4. The smallest absolute Gasteiger partial charge is 0.294 e. The predicted octanol–water partition coefficient (Wildman–Crippen LogP) is 2.91. The topological polar surface area (TPSA) is 105 Å². The fraction of sp³-hybridized carbons (Fsp3) is 0.280. The monoisotopic (exact) mass is 495 g/mol. The van der Waals surface area contributed by atoms with Gasteiger partial charge >= 0.3 is 0 Å². The minimum absolute atomic E-state index is 0.0666. The minimum Gasteiger partial charge on any atom is -0.484 e. The van der Waals surface area contributed by atoms with Crippen LogP contribution >= 0.6 is 11.8 Å². The fourth-order valence-electron chi connectivity index (χ4n) is 3.56. The van der Waals surface area contributed by atoms with Gasteiger partial charge in [0, 0.05) is 18.8 Å². The molecule has 2 aromatic rings. The number of anilines is 1. The summed E-state index contributed by atoms with van der Waals surface area (Å²) < 4.78 is 10.8. The Morgan fingerprint density at radius 3 is 2.57 bits per heavy atom. The molecule has 1 N–H and O–H groups in total. The zero-order chi connectivity index (χ0) is 24.8. The zero-order valence-electron chi connectivity index (χ0n) is 19.2. The van der Waals surface area contributed by atoms with E-state index in [4.69, 9.17) is 9.47 Å². The van der Waals surface area contributed by atoms with Gasteiger partial charge in [0.25, 0.3) is 17.1 Å². The summed E-state index contributed by atoms with van der Waals surface area (Å²) in [4.78, 5) is 52.5. The number of hydrogen-bond donors (Lipinski definition) is 1. The molecule has 2 heterocycles. The molecule has 9 nitrogen and oxygen atoms in total. The van der Waals surface area contributed by atoms with Gasteiger partial charge in [-0.3, -0.25) is 24.1 Å². The SMILES string of the molecule is Cc1cccc(NC(=O)CN2C(=O)S/C(=C/c3ccc(OCC(=O)N4CCOCC4)cc3)C2=O)c1. The Labute approximate surface area is 207 Å². The lowest BCUT2D eigenvalue weighted by Crippen LogP contribution is -2.42. The van der Waals surface area contributed by atoms with Gasteiger partial charge in [-0.1, -0.05) is 24.3 Å². The molecule has 35 heavy (non-hydrogen) atoms. The number of thioether (sulfide) groups is 1. The summed E-state index contributed by atoms with van der Waals surface area (Å²) in [5.41, 5.74) is 2.27. The van der Waals surface area contributed by atoms with Gasteiger partial charge in [0.2, 0.25) is 5.91 Å². The first-order valence-electron chi connectivity index (χ1n) is 11.1. The van der Waals surface area contributed by atoms with E-state index in [-0.39, 0.29) is 24.0 Å². The Hall–Kier alpha value is -3.63. The largest absolute Gasteiger partial charge is 0.484 e. The normalized spacial score (nSPS) is 17.1. The van der Waals surface area contributed by atoms with Gasteiger partial charge in [-0.25, -0.2) is 0 Å². The highest BCUT2D eigenvalue weighted by Crippen LogP contribution is 2.32. The molecule has 0 unspecified atom stereocenters. The first-order valence-corrected chi connectivity index (χ1v) is 11.9. The van der Waals surface area contributed by atoms with Crippen LogP contribution in [0.1, 0.15) is 11.1 Å². The molecule has 0 atom stereocenters. The van der Waals surface area contributed by atoms with Crippen molar-refractivity contribution in [1.82, 2.24) is 9.80 Å². The lowest BCUT2D eigenvalue weighted by Gasteiger charge is -2.26. The number of imide groups is 1. The molecule has 2 aromatic carbocycles. The zero-order valence-corrected chi connectivity index (χ0v) is 20.0. The molecule has 4 amide bonds. The maximum Gasteiger partial charge on any atom is 0.294 e. The average molecular weight is 496 g/mol. The predicted molar refractivity (Wildman–Crippen MR) is 132 cm³/mol. The Morgan fingerprint density at radius 1 is 1.11 bits per heavy atom. The number of rotatable bonds is 7. The van der Waals surface area contributed by atoms with E-state index < -0.39 is 17.1 Å². The summed E-state index contributed by atoms with van der Waals surface area (Å²) in [6.07, 6.45) is 1.59. The Bertz CT molecular complexity index is 1160. The molecule has 2 saturated heterocycles. The molecule has 4 rings (SSSR count). The van der Waals surface area contributed by atoms with Crippen LogP contribution in [0.4, 0.5) is 10.5 Å². The van der Waals surface area contributed by atoms with Crippen molar-refractivity contribution >= 4 is 46.5 Å². The van der Waals surface area contributed by atoms with Crippen molar-refractivity contribution in [1.29, 1.82) is 0 Å². The molecule has 10 heteroatoms. The van der Waals surface area contributed by atoms with E-state index in [1.165, 1.54) is 0 Å². The highest BCUT2D eigenvalue weighted by molar-refractivity contribution is 8.18. The lowest BCUT2D eigenvalue weighted by molar-refractivity contribution is -0.137. The number of benzene rings is 2. The molecule has 2 fully saturated rings. The maximum absolute atomic E-state index is 12.7. The molecule has 0 aromatic heterocycles. The second kappa shape index (κ2) is 11.2. The van der Waals surface area contributed by atoms with Gasteiger partial charge in [0.1, 0.15) is 12.3 Å². The number of nitrogens with zero attached hydrogens (tertiary/aromatic N) is 2. The summed E-state index contributed by atoms with van der Waals surface area (Å²) in [5.74, 6) is -0.551. The summed E-state index contributed by atoms with van der Waals surface area (Å²) >= 11 is 0.788. The fourth-order valence-corrected chi connectivity index (χ4v) is 4.40. The second-order valence-electron chi connectivity index (χ2n) is 8.04. The average Bonchev–Trinajstić information content (AvgIpc) is 3.11. The first kappa shape index (κ1) is 24.5. The highest BCUT2D eigenvalue weighted by Gasteiger charge is 2.36. The molecule has 0 radical (unpaired) electrons. The molecule has 2 aliphatic heterocycles. The van der Waals surface area contributed by atoms with Crippen molar-refractivity contribution in [2.45, 2.75) is 6.92 Å². The van der Waals surface area contributed by atoms with E-state index in [1.807, 2.05) is 19.1 Å². The van der Waals surface area contributed by atoms with Crippen LogP contribution in [-0.2, 0) is 19.1 Å². The third-order valence-electron chi connectivity index (χ3n) is 5.38. The number of amides is 4. The molecular weight excluding hydrogens is 470 g/mol. The number of carbonyl (C=O) groups excluding carboxylic acids is 4. The molecule has 2 aliphatic rings. The van der Waals surface area contributed by atoms with Crippen molar-refractivity contribution in [2.75, 3.05) is 44.8 Å². The van der Waals surface area contributed by atoms with Crippen LogP contribution in [0.25, 0.3) is 6.08 Å². The van der Waals surface area contributed by atoms with Crippen molar-refractivity contribution in [3.05, 3.63) is 64.6 Å². The van der Waals surface area contributed by atoms with Gasteiger partial charge < -0.3 is 19.7 Å². The van der Waals surface area contributed by atoms with Crippen LogP contribution in [0.3, 0.4) is 0 Å². The summed E-state index contributed by atoms with van der Waals surface area (Å²) in [7, 11) is 0. The maximum atomic E-state index is 12.7. The van der Waals surface area contributed by atoms with Crippen LogP contribution < -0.4 is 10.1 Å². The van der Waals surface area contributed by atoms with Crippen molar-refractivity contribution in [3.8, 4) is 5.75 Å². The van der Waals surface area contributed by atoms with E-state index in [2.05, 4.69) is 5.32 Å². The van der Waals surface area contributed by atoms with Crippen molar-refractivity contribution in [3.63, 3.8) is 0 Å². The van der Waals surface area contributed by atoms with E-state index in [0.717, 1.165) is 22.2 Å². The third-order valence-corrected chi connectivity index (χ3v) is 6.29. The minimum atomic E-state index is -0.518. The van der Waals surface area contributed by atoms with E-state index in [9.17, 15) is 19.2 Å². The quantitative estimate of drug-likeness (QED) is 0.589. The van der Waals surface area contributed by atoms with Crippen LogP contribution in [0.15, 0.2) is 53.4 Å². The number of nitrogens with one attached hydrogen (secondary N) is 1. The van der Waals surface area contributed by atoms with Crippen LogP contribution in [0, 0.1) is 6.92 Å². The summed E-state index contributed by atoms with van der Waals surface area (Å²) in [5, 5.41) is 2.20. The number of ether oxygens (including phenoxy) is 2. The Morgan fingerprint density at radius 2 is 1.86 bits per heavy atom. The van der Waals surface area contributed by atoms with Gasteiger partial charge in [0.05, 0.1) is 18.1 Å². The van der Waals surface area contributed by atoms with Crippen LogP contribution in [0.5, 0.6) is 5.75 Å². The molecular formula is C25H25N3O6S. The summed E-state index contributed by atoms with van der Waals surface area (Å²) in [6.45, 7) is 3.66. The number of hydrogen-bond acceptors (Lipinski definition) is 7. The Kier molecular flexibility index (Phi) is 7.84. The van der Waals surface area contributed by atoms with E-state index in [0.29, 0.717) is 43.3 Å². The molecule has 182 valence electrons. The van der Waals surface area contributed by atoms with E-state index >= 15 is 0 Å². The van der Waals surface area contributed by atoms with Gasteiger partial charge in [0.15, 0.2) is 6.61 Å². The number of morpholine rings is 1. The number of aryl methyl sites for hydroxylation is 1. The van der Waals surface area contributed by atoms with Gasteiger partial charge in [-0.15, -0.1) is 0 Å². The first-order chi connectivity index (χ1) is 16.9. The molecule has 0 aliphatic carbocycles. The Balaban J connectivity index is 1.32. The highest BCUT2D eigenvalue weighted by atomic mass is 32.2. The standard InChI is InChI=1S/C25H25N3O6S/c1-17-3-2-4-19(13-17)26-22(29)15-28-24(31)21(35-25(28)32)14-18-5-7-20(8-6-18)34-16-23(30)27-9-11-33-12-10-27/h2-8,13-14H,9-12,15-16H2,1H3,(H,26,29)/b21-14+. The van der Waals surface area contributed by atoms with Crippen LogP contribution in [0.2, 0.25) is 0 Å². The second-order valence-corrected chi connectivity index (χ2v) is 9.03. The molecule has 0 spiro atoms. The van der Waals surface area contributed by atoms with Crippen molar-refractivity contribution in [2.24, 2.45) is 0 Å². The summed E-state index contributed by atoms with van der Waals surface area (Å²) in [6, 6.07) is 14.1. The third kappa shape index (κ3) is 6.49. The van der Waals surface area contributed by atoms with Gasteiger partial charge in [-0.05, 0) is 60.2 Å². The van der Waals surface area contributed by atoms with Crippen molar-refractivity contribution < 1.29 is 28.7 Å².